The SMILES string of the molecule is CCCn1c(SCC(=O)Nc2ccccc2SCC#N)nc2sc3c(c2c1=O)CCC3. The molecule has 1 aliphatic carbocycles. The fourth-order valence-electron chi connectivity index (χ4n) is 3.71. The van der Waals surface area contributed by atoms with Crippen LogP contribution in [0.5, 0.6) is 0 Å². The van der Waals surface area contributed by atoms with E-state index in [1.807, 2.05) is 31.2 Å². The zero-order valence-electron chi connectivity index (χ0n) is 17.1. The molecule has 4 rings (SSSR count). The number of aryl methyl sites for hydroxylation is 2. The zero-order valence-corrected chi connectivity index (χ0v) is 19.6. The van der Waals surface area contributed by atoms with Crippen LogP contribution in [0.15, 0.2) is 39.1 Å². The van der Waals surface area contributed by atoms with Crippen molar-refractivity contribution in [3.8, 4) is 6.07 Å². The molecule has 2 aromatic heterocycles. The van der Waals surface area contributed by atoms with E-state index in [0.29, 0.717) is 23.1 Å². The van der Waals surface area contributed by atoms with E-state index in [1.54, 1.807) is 15.9 Å². The van der Waals surface area contributed by atoms with Gasteiger partial charge in [0.2, 0.25) is 5.91 Å². The van der Waals surface area contributed by atoms with E-state index in [-0.39, 0.29) is 17.2 Å². The van der Waals surface area contributed by atoms with E-state index in [9.17, 15) is 9.59 Å². The number of nitrogens with zero attached hydrogens (tertiary/aromatic N) is 3. The Kier molecular flexibility index (Phi) is 7.00. The van der Waals surface area contributed by atoms with Crippen LogP contribution in [-0.4, -0.2) is 27.0 Å². The largest absolute Gasteiger partial charge is 0.324 e. The van der Waals surface area contributed by atoms with Gasteiger partial charge in [0.05, 0.1) is 28.6 Å². The molecule has 9 heteroatoms. The third kappa shape index (κ3) is 4.66. The van der Waals surface area contributed by atoms with Crippen molar-refractivity contribution in [3.05, 3.63) is 45.1 Å². The highest BCUT2D eigenvalue weighted by Gasteiger charge is 2.23. The van der Waals surface area contributed by atoms with Crippen LogP contribution >= 0.6 is 34.9 Å². The molecule has 0 radical (unpaired) electrons. The van der Waals surface area contributed by atoms with Crippen LogP contribution in [0.2, 0.25) is 0 Å². The number of para-hydroxylation sites is 1. The number of amides is 1. The van der Waals surface area contributed by atoms with Crippen molar-refractivity contribution < 1.29 is 4.79 Å². The van der Waals surface area contributed by atoms with E-state index in [1.165, 1.54) is 34.0 Å². The minimum Gasteiger partial charge on any atom is -0.324 e. The Bertz CT molecular complexity index is 1230. The molecule has 31 heavy (non-hydrogen) atoms. The second-order valence-corrected chi connectivity index (χ2v) is 10.2. The van der Waals surface area contributed by atoms with Gasteiger partial charge in [0.25, 0.3) is 5.56 Å². The molecule has 0 saturated heterocycles. The summed E-state index contributed by atoms with van der Waals surface area (Å²) in [6.45, 7) is 2.62. The minimum atomic E-state index is -0.166. The molecular formula is C22H22N4O2S3. The molecule has 0 aliphatic heterocycles. The third-order valence-electron chi connectivity index (χ3n) is 5.02. The summed E-state index contributed by atoms with van der Waals surface area (Å²) in [7, 11) is 0. The second-order valence-electron chi connectivity index (χ2n) is 7.17. The van der Waals surface area contributed by atoms with Gasteiger partial charge >= 0.3 is 0 Å². The van der Waals surface area contributed by atoms with Gasteiger partial charge in [0, 0.05) is 16.3 Å². The first-order chi connectivity index (χ1) is 15.1. The Morgan fingerprint density at radius 3 is 2.97 bits per heavy atom. The lowest BCUT2D eigenvalue weighted by atomic mass is 10.2. The molecule has 0 unspecified atom stereocenters. The number of nitrogens with one attached hydrogen (secondary N) is 1. The summed E-state index contributed by atoms with van der Waals surface area (Å²) < 4.78 is 1.72. The molecule has 0 spiro atoms. The van der Waals surface area contributed by atoms with Crippen LogP contribution in [-0.2, 0) is 24.2 Å². The molecule has 0 saturated carbocycles. The maximum atomic E-state index is 13.2. The highest BCUT2D eigenvalue weighted by molar-refractivity contribution is 8.00. The summed E-state index contributed by atoms with van der Waals surface area (Å²) in [5.74, 6) is 0.310. The Balaban J connectivity index is 1.54. The quantitative estimate of drug-likeness (QED) is 0.379. The number of carbonyl (C=O) groups is 1. The van der Waals surface area contributed by atoms with E-state index in [4.69, 9.17) is 10.2 Å². The molecule has 3 aromatic rings. The molecule has 0 fully saturated rings. The minimum absolute atomic E-state index is 0.0207. The molecule has 1 amide bonds. The first-order valence-corrected chi connectivity index (χ1v) is 13.0. The Labute approximate surface area is 193 Å². The second kappa shape index (κ2) is 9.90. The maximum Gasteiger partial charge on any atom is 0.263 e. The van der Waals surface area contributed by atoms with Gasteiger partial charge < -0.3 is 5.32 Å². The molecule has 160 valence electrons. The zero-order chi connectivity index (χ0) is 21.8. The molecule has 0 bridgehead atoms. The first kappa shape index (κ1) is 21.9. The van der Waals surface area contributed by atoms with Gasteiger partial charge in [-0.25, -0.2) is 4.98 Å². The van der Waals surface area contributed by atoms with E-state index in [0.717, 1.165) is 40.8 Å². The van der Waals surface area contributed by atoms with Crippen molar-refractivity contribution in [1.29, 1.82) is 5.26 Å². The molecule has 1 aliphatic rings. The van der Waals surface area contributed by atoms with Gasteiger partial charge in [-0.05, 0) is 43.4 Å². The monoisotopic (exact) mass is 470 g/mol. The van der Waals surface area contributed by atoms with E-state index >= 15 is 0 Å². The van der Waals surface area contributed by atoms with Gasteiger partial charge in [-0.1, -0.05) is 30.8 Å². The van der Waals surface area contributed by atoms with Crippen molar-refractivity contribution in [2.24, 2.45) is 0 Å². The number of hydrogen-bond donors (Lipinski definition) is 1. The van der Waals surface area contributed by atoms with Crippen molar-refractivity contribution >= 4 is 56.7 Å². The van der Waals surface area contributed by atoms with Crippen LogP contribution in [0.25, 0.3) is 10.2 Å². The number of hydrogen-bond acceptors (Lipinski definition) is 7. The Morgan fingerprint density at radius 1 is 1.32 bits per heavy atom. The molecular weight excluding hydrogens is 448 g/mol. The number of benzene rings is 1. The number of fused-ring (bicyclic) bond motifs is 3. The van der Waals surface area contributed by atoms with Crippen LogP contribution in [0.4, 0.5) is 5.69 Å². The van der Waals surface area contributed by atoms with Gasteiger partial charge in [-0.15, -0.1) is 23.1 Å². The maximum absolute atomic E-state index is 13.2. The molecule has 1 aromatic carbocycles. The predicted molar refractivity (Wildman–Crippen MR) is 128 cm³/mol. The average Bonchev–Trinajstić information content (AvgIpc) is 3.35. The number of nitriles is 1. The van der Waals surface area contributed by atoms with Crippen LogP contribution < -0.4 is 10.9 Å². The van der Waals surface area contributed by atoms with Crippen molar-refractivity contribution in [2.45, 2.75) is 49.2 Å². The Morgan fingerprint density at radius 2 is 2.16 bits per heavy atom. The Hall–Kier alpha value is -2.28. The highest BCUT2D eigenvalue weighted by Crippen LogP contribution is 2.35. The molecule has 0 atom stereocenters. The topological polar surface area (TPSA) is 87.8 Å². The summed E-state index contributed by atoms with van der Waals surface area (Å²) in [5, 5.41) is 13.1. The number of rotatable bonds is 8. The van der Waals surface area contributed by atoms with Crippen LogP contribution in [0.1, 0.15) is 30.2 Å². The van der Waals surface area contributed by atoms with Gasteiger partial charge in [0.15, 0.2) is 5.16 Å². The smallest absolute Gasteiger partial charge is 0.263 e. The summed E-state index contributed by atoms with van der Waals surface area (Å²) >= 11 is 4.30. The summed E-state index contributed by atoms with van der Waals surface area (Å²) in [4.78, 5) is 33.6. The third-order valence-corrected chi connectivity index (χ3v) is 8.13. The fourth-order valence-corrected chi connectivity index (χ4v) is 6.51. The van der Waals surface area contributed by atoms with Gasteiger partial charge in [-0.2, -0.15) is 5.26 Å². The first-order valence-electron chi connectivity index (χ1n) is 10.2. The lowest BCUT2D eigenvalue weighted by Gasteiger charge is -2.12. The van der Waals surface area contributed by atoms with Crippen LogP contribution in [0, 0.1) is 11.3 Å². The number of anilines is 1. The number of thioether (sulfide) groups is 2. The van der Waals surface area contributed by atoms with E-state index < -0.39 is 0 Å². The van der Waals surface area contributed by atoms with E-state index in [2.05, 4.69) is 11.4 Å². The summed E-state index contributed by atoms with van der Waals surface area (Å²) in [6, 6.07) is 9.54. The van der Waals surface area contributed by atoms with Gasteiger partial charge in [-0.3, -0.25) is 14.2 Å². The lowest BCUT2D eigenvalue weighted by Crippen LogP contribution is -2.24. The average molecular weight is 471 g/mol. The van der Waals surface area contributed by atoms with Crippen molar-refractivity contribution in [2.75, 3.05) is 16.8 Å². The number of thiophene rings is 1. The molecule has 1 N–H and O–H groups in total. The number of carbonyl (C=O) groups excluding carboxylic acids is 1. The summed E-state index contributed by atoms with van der Waals surface area (Å²) in [5.41, 5.74) is 1.90. The van der Waals surface area contributed by atoms with Gasteiger partial charge in [0.1, 0.15) is 4.83 Å². The predicted octanol–water partition coefficient (Wildman–Crippen LogP) is 4.70. The highest BCUT2D eigenvalue weighted by atomic mass is 32.2. The molecule has 6 nitrogen and oxygen atoms in total. The normalized spacial score (nSPS) is 12.6. The lowest BCUT2D eigenvalue weighted by molar-refractivity contribution is -0.113. The van der Waals surface area contributed by atoms with Crippen molar-refractivity contribution in [1.82, 2.24) is 9.55 Å². The molecule has 2 heterocycles. The van der Waals surface area contributed by atoms with Crippen molar-refractivity contribution in [3.63, 3.8) is 0 Å². The standard InChI is InChI=1S/C22H22N4O2S3/c1-2-11-26-21(28)19-14-6-5-9-16(14)31-20(19)25-22(26)30-13-18(27)24-15-7-3-4-8-17(15)29-12-10-23/h3-4,7-8H,2,5-6,9,11-13H2,1H3,(H,24,27). The fraction of sp³-hybridized carbons (Fsp3) is 0.364. The summed E-state index contributed by atoms with van der Waals surface area (Å²) in [6.07, 6.45) is 3.91. The van der Waals surface area contributed by atoms with Crippen LogP contribution in [0.3, 0.4) is 0 Å². The number of aromatic nitrogens is 2.